The van der Waals surface area contributed by atoms with Gasteiger partial charge in [-0.3, -0.25) is 9.59 Å². The van der Waals surface area contributed by atoms with Crippen molar-refractivity contribution in [1.29, 1.82) is 0 Å². The lowest BCUT2D eigenvalue weighted by atomic mass is 10.1. The van der Waals surface area contributed by atoms with Crippen LogP contribution in [0.4, 0.5) is 10.1 Å². The molecular weight excluding hydrogens is 377 g/mol. The van der Waals surface area contributed by atoms with Gasteiger partial charge in [-0.15, -0.1) is 11.8 Å². The van der Waals surface area contributed by atoms with Gasteiger partial charge in [0.05, 0.1) is 16.8 Å². The Hall–Kier alpha value is -1.27. The molecule has 1 amide bonds. The normalized spacial score (nSPS) is 14.4. The lowest BCUT2D eigenvalue weighted by Gasteiger charge is -2.18. The third-order valence-electron chi connectivity index (χ3n) is 4.13. The Morgan fingerprint density at radius 1 is 1.19 bits per heavy atom. The smallest absolute Gasteiger partial charge is 0.319 e. The van der Waals surface area contributed by atoms with Crippen LogP contribution < -0.4 is 5.32 Å². The lowest BCUT2D eigenvalue weighted by Crippen LogP contribution is -2.24. The number of rotatable bonds is 9. The van der Waals surface area contributed by atoms with Gasteiger partial charge in [0.2, 0.25) is 5.91 Å². The molecule has 146 valence electrons. The van der Waals surface area contributed by atoms with Gasteiger partial charge >= 0.3 is 5.97 Å². The number of benzene rings is 1. The van der Waals surface area contributed by atoms with Crippen molar-refractivity contribution in [1.82, 2.24) is 0 Å². The SMILES string of the molecule is CCC(C)OC(=O)C(CC)Sc1cc(NC(=O)C(C)CC)c(F)cc1Cl. The highest BCUT2D eigenvalue weighted by Gasteiger charge is 2.23. The summed E-state index contributed by atoms with van der Waals surface area (Å²) in [6, 6.07) is 2.63. The molecule has 0 aliphatic carbocycles. The van der Waals surface area contributed by atoms with Crippen LogP contribution in [0.1, 0.15) is 53.9 Å². The molecule has 0 saturated heterocycles. The molecule has 26 heavy (non-hydrogen) atoms. The minimum atomic E-state index is -0.605. The molecule has 0 aliphatic heterocycles. The van der Waals surface area contributed by atoms with Crippen LogP contribution in [0.15, 0.2) is 17.0 Å². The quantitative estimate of drug-likeness (QED) is 0.426. The van der Waals surface area contributed by atoms with Gasteiger partial charge < -0.3 is 10.1 Å². The maximum absolute atomic E-state index is 14.2. The Bertz CT molecular complexity index is 641. The second-order valence-corrected chi connectivity index (χ2v) is 7.88. The molecule has 1 aromatic carbocycles. The summed E-state index contributed by atoms with van der Waals surface area (Å²) < 4.78 is 19.5. The molecule has 1 N–H and O–H groups in total. The number of thioether (sulfide) groups is 1. The molecule has 0 bridgehead atoms. The number of carbonyl (C=O) groups is 2. The first kappa shape index (κ1) is 22.8. The molecule has 0 radical (unpaired) electrons. The van der Waals surface area contributed by atoms with E-state index in [2.05, 4.69) is 5.32 Å². The fourth-order valence-electron chi connectivity index (χ4n) is 1.97. The van der Waals surface area contributed by atoms with Gasteiger partial charge in [0, 0.05) is 10.8 Å². The van der Waals surface area contributed by atoms with Crippen LogP contribution in [0.25, 0.3) is 0 Å². The van der Waals surface area contributed by atoms with Crippen molar-refractivity contribution in [3.05, 3.63) is 23.0 Å². The summed E-state index contributed by atoms with van der Waals surface area (Å²) in [5, 5.41) is 2.33. The van der Waals surface area contributed by atoms with Gasteiger partial charge in [-0.05, 0) is 38.3 Å². The second-order valence-electron chi connectivity index (χ2n) is 6.23. The van der Waals surface area contributed by atoms with Gasteiger partial charge in [-0.25, -0.2) is 4.39 Å². The monoisotopic (exact) mass is 403 g/mol. The number of esters is 1. The van der Waals surface area contributed by atoms with E-state index in [1.165, 1.54) is 17.8 Å². The Balaban J connectivity index is 2.99. The van der Waals surface area contributed by atoms with E-state index >= 15 is 0 Å². The van der Waals surface area contributed by atoms with E-state index < -0.39 is 11.1 Å². The number of ether oxygens (including phenoxy) is 1. The highest BCUT2D eigenvalue weighted by Crippen LogP contribution is 2.36. The van der Waals surface area contributed by atoms with Crippen LogP contribution in [0.5, 0.6) is 0 Å². The minimum absolute atomic E-state index is 0.0624. The zero-order valence-electron chi connectivity index (χ0n) is 15.9. The number of carbonyl (C=O) groups excluding carboxylic acids is 2. The van der Waals surface area contributed by atoms with E-state index in [9.17, 15) is 14.0 Å². The van der Waals surface area contributed by atoms with E-state index in [0.29, 0.717) is 17.7 Å². The zero-order chi connectivity index (χ0) is 19.9. The summed E-state index contributed by atoms with van der Waals surface area (Å²) in [6.45, 7) is 9.31. The molecule has 0 spiro atoms. The Labute approximate surface area is 164 Å². The highest BCUT2D eigenvalue weighted by atomic mass is 35.5. The predicted octanol–water partition coefficient (Wildman–Crippen LogP) is 5.68. The van der Waals surface area contributed by atoms with Crippen LogP contribution in [-0.4, -0.2) is 23.2 Å². The van der Waals surface area contributed by atoms with E-state index in [1.807, 2.05) is 27.7 Å². The minimum Gasteiger partial charge on any atom is -0.462 e. The molecule has 3 unspecified atom stereocenters. The number of hydrogen-bond donors (Lipinski definition) is 1. The lowest BCUT2D eigenvalue weighted by molar-refractivity contribution is -0.147. The fourth-order valence-corrected chi connectivity index (χ4v) is 3.23. The molecule has 4 nitrogen and oxygen atoms in total. The predicted molar refractivity (Wildman–Crippen MR) is 105 cm³/mol. The largest absolute Gasteiger partial charge is 0.462 e. The van der Waals surface area contributed by atoms with E-state index in [0.717, 1.165) is 12.5 Å². The van der Waals surface area contributed by atoms with Gasteiger partial charge in [0.25, 0.3) is 0 Å². The van der Waals surface area contributed by atoms with Crippen molar-refractivity contribution in [2.24, 2.45) is 5.92 Å². The van der Waals surface area contributed by atoms with Crippen LogP contribution in [0, 0.1) is 11.7 Å². The maximum Gasteiger partial charge on any atom is 0.319 e. The van der Waals surface area contributed by atoms with Crippen molar-refractivity contribution in [3.63, 3.8) is 0 Å². The number of amides is 1. The highest BCUT2D eigenvalue weighted by molar-refractivity contribution is 8.00. The van der Waals surface area contributed by atoms with Gasteiger partial charge in [0.15, 0.2) is 0 Å². The molecular formula is C19H27ClFNO3S. The summed E-state index contributed by atoms with van der Waals surface area (Å²) in [4.78, 5) is 24.9. The van der Waals surface area contributed by atoms with E-state index in [-0.39, 0.29) is 34.6 Å². The number of anilines is 1. The summed E-state index contributed by atoms with van der Waals surface area (Å²) in [5.41, 5.74) is 0.0624. The third-order valence-corrected chi connectivity index (χ3v) is 5.96. The first-order valence-corrected chi connectivity index (χ1v) is 10.2. The molecule has 7 heteroatoms. The van der Waals surface area contributed by atoms with Crippen LogP contribution in [0.3, 0.4) is 0 Å². The number of hydrogen-bond acceptors (Lipinski definition) is 4. The van der Waals surface area contributed by atoms with Crippen LogP contribution in [0.2, 0.25) is 5.02 Å². The first-order valence-electron chi connectivity index (χ1n) is 8.90. The molecule has 0 aliphatic rings. The number of halogens is 2. The van der Waals surface area contributed by atoms with Crippen molar-refractivity contribution >= 4 is 40.9 Å². The fraction of sp³-hybridized carbons (Fsp3) is 0.579. The van der Waals surface area contributed by atoms with Gasteiger partial charge in [-0.2, -0.15) is 0 Å². The zero-order valence-corrected chi connectivity index (χ0v) is 17.5. The van der Waals surface area contributed by atoms with Crippen molar-refractivity contribution < 1.29 is 18.7 Å². The Kier molecular flexibility index (Phi) is 9.44. The molecule has 1 rings (SSSR count). The summed E-state index contributed by atoms with van der Waals surface area (Å²) in [6.07, 6.45) is 1.77. The summed E-state index contributed by atoms with van der Waals surface area (Å²) in [5.74, 6) is -1.41. The first-order chi connectivity index (χ1) is 12.2. The standard InChI is InChI=1S/C19H27ClFNO3S/c1-6-11(4)18(23)22-15-10-17(13(20)9-14(15)21)26-16(8-3)19(24)25-12(5)7-2/h9-12,16H,6-8H2,1-5H3,(H,22,23). The summed E-state index contributed by atoms with van der Waals surface area (Å²) in [7, 11) is 0. The van der Waals surface area contributed by atoms with Gasteiger partial charge in [-0.1, -0.05) is 39.3 Å². The average molecular weight is 404 g/mol. The molecule has 1 aromatic rings. The van der Waals surface area contributed by atoms with Crippen molar-refractivity contribution in [2.75, 3.05) is 5.32 Å². The maximum atomic E-state index is 14.2. The molecule has 0 fully saturated rings. The topological polar surface area (TPSA) is 55.4 Å². The number of nitrogens with one attached hydrogen (secondary N) is 1. The molecule has 0 heterocycles. The summed E-state index contributed by atoms with van der Waals surface area (Å²) >= 11 is 7.36. The van der Waals surface area contributed by atoms with E-state index in [1.54, 1.807) is 6.92 Å². The van der Waals surface area contributed by atoms with Gasteiger partial charge in [0.1, 0.15) is 11.1 Å². The van der Waals surface area contributed by atoms with Crippen LogP contribution >= 0.6 is 23.4 Å². The molecule has 0 saturated carbocycles. The van der Waals surface area contributed by atoms with Crippen LogP contribution in [-0.2, 0) is 14.3 Å². The van der Waals surface area contributed by atoms with Crippen molar-refractivity contribution in [3.8, 4) is 0 Å². The Morgan fingerprint density at radius 2 is 1.85 bits per heavy atom. The second kappa shape index (κ2) is 10.8. The molecule has 0 aromatic heterocycles. The molecule has 3 atom stereocenters. The van der Waals surface area contributed by atoms with E-state index in [4.69, 9.17) is 16.3 Å². The van der Waals surface area contributed by atoms with Crippen molar-refractivity contribution in [2.45, 2.75) is 70.1 Å². The average Bonchev–Trinajstić information content (AvgIpc) is 2.61. The Morgan fingerprint density at radius 3 is 2.38 bits per heavy atom. The third kappa shape index (κ3) is 6.47.